The maximum atomic E-state index is 4.62. The predicted octanol–water partition coefficient (Wildman–Crippen LogP) is 7.30. The van der Waals surface area contributed by atoms with Gasteiger partial charge in [-0.3, -0.25) is 4.99 Å². The Morgan fingerprint density at radius 2 is 1.70 bits per heavy atom. The van der Waals surface area contributed by atoms with E-state index in [-0.39, 0.29) is 5.41 Å². The van der Waals surface area contributed by atoms with Crippen LogP contribution in [0.3, 0.4) is 0 Å². The normalized spacial score (nSPS) is 21.3. The molecule has 0 aromatic heterocycles. The van der Waals surface area contributed by atoms with Gasteiger partial charge in [-0.2, -0.15) is 0 Å². The average Bonchev–Trinajstić information content (AvgIpc) is 3.47. The lowest BCUT2D eigenvalue weighted by Gasteiger charge is -2.08. The lowest BCUT2D eigenvalue weighted by molar-refractivity contribution is 0.606. The first kappa shape index (κ1) is 27.7. The molecule has 2 rings (SSSR count). The second-order valence-corrected chi connectivity index (χ2v) is 8.83. The van der Waals surface area contributed by atoms with Crippen molar-refractivity contribution >= 4 is 18.6 Å². The molecule has 3 nitrogen and oxygen atoms in total. The second kappa shape index (κ2) is 15.5. The Balaban J connectivity index is 0.000000538. The van der Waals surface area contributed by atoms with Gasteiger partial charge in [0.05, 0.1) is 0 Å². The first-order valence-electron chi connectivity index (χ1n) is 10.9. The Morgan fingerprint density at radius 1 is 1.07 bits per heavy atom. The first-order valence-corrected chi connectivity index (χ1v) is 10.9. The fraction of sp³-hybridized carbons (Fsp3) is 0.519. The molecule has 1 saturated carbocycles. The molecule has 2 aliphatic carbocycles. The summed E-state index contributed by atoms with van der Waals surface area (Å²) in [7, 11) is 3.63. The number of fused-ring (bicyclic) bond motifs is 1. The Morgan fingerprint density at radius 3 is 2.17 bits per heavy atom. The summed E-state index contributed by atoms with van der Waals surface area (Å²) in [6.07, 6.45) is 21.0. The molecule has 0 spiro atoms. The van der Waals surface area contributed by atoms with Gasteiger partial charge in [-0.15, -0.1) is 0 Å². The SMILES string of the molecule is C=C/C=C\C=C.CN=CC(C)(C)C.CN=CC(C)CCC=NC1=CC=C(C)C2CC12. The van der Waals surface area contributed by atoms with Crippen LogP contribution in [0.1, 0.15) is 53.9 Å². The maximum Gasteiger partial charge on any atom is 0.0436 e. The van der Waals surface area contributed by atoms with Gasteiger partial charge in [0.2, 0.25) is 0 Å². The van der Waals surface area contributed by atoms with Gasteiger partial charge in [-0.1, -0.05) is 76.8 Å². The van der Waals surface area contributed by atoms with E-state index in [1.54, 1.807) is 19.2 Å². The van der Waals surface area contributed by atoms with Crippen LogP contribution < -0.4 is 0 Å². The van der Waals surface area contributed by atoms with E-state index in [0.29, 0.717) is 5.92 Å². The van der Waals surface area contributed by atoms with Gasteiger partial charge < -0.3 is 9.98 Å². The number of aliphatic imine (C=N–C) groups is 3. The summed E-state index contributed by atoms with van der Waals surface area (Å²) in [5.74, 6) is 2.09. The highest BCUT2D eigenvalue weighted by molar-refractivity contribution is 5.64. The molecule has 3 heteroatoms. The maximum absolute atomic E-state index is 4.62. The van der Waals surface area contributed by atoms with Gasteiger partial charge in [-0.05, 0) is 49.5 Å². The summed E-state index contributed by atoms with van der Waals surface area (Å²) >= 11 is 0. The summed E-state index contributed by atoms with van der Waals surface area (Å²) in [5, 5.41) is 0. The van der Waals surface area contributed by atoms with Crippen molar-refractivity contribution in [1.29, 1.82) is 0 Å². The summed E-state index contributed by atoms with van der Waals surface area (Å²) in [6.45, 7) is 17.7. The number of hydrogen-bond acceptors (Lipinski definition) is 3. The van der Waals surface area contributed by atoms with Gasteiger partial charge in [-0.25, -0.2) is 0 Å². The predicted molar refractivity (Wildman–Crippen MR) is 138 cm³/mol. The third-order valence-corrected chi connectivity index (χ3v) is 4.57. The topological polar surface area (TPSA) is 37.1 Å². The Kier molecular flexibility index (Phi) is 14.4. The van der Waals surface area contributed by atoms with Crippen LogP contribution >= 0.6 is 0 Å². The molecular formula is C27H43N3. The molecule has 0 aliphatic heterocycles. The van der Waals surface area contributed by atoms with E-state index in [2.05, 4.69) is 81.1 Å². The van der Waals surface area contributed by atoms with Gasteiger partial charge in [0, 0.05) is 44.4 Å². The molecule has 0 aromatic rings. The molecule has 1 fully saturated rings. The molecule has 0 radical (unpaired) electrons. The van der Waals surface area contributed by atoms with Crippen LogP contribution in [-0.4, -0.2) is 32.7 Å². The lowest BCUT2D eigenvalue weighted by Crippen LogP contribution is -2.05. The molecule has 2 aliphatic rings. The van der Waals surface area contributed by atoms with Crippen LogP contribution in [0.5, 0.6) is 0 Å². The zero-order valence-corrected chi connectivity index (χ0v) is 20.3. The van der Waals surface area contributed by atoms with Crippen LogP contribution in [0.25, 0.3) is 0 Å². The molecule has 3 unspecified atom stereocenters. The van der Waals surface area contributed by atoms with Crippen molar-refractivity contribution in [2.45, 2.75) is 53.9 Å². The van der Waals surface area contributed by atoms with Crippen molar-refractivity contribution in [1.82, 2.24) is 0 Å². The summed E-state index contributed by atoms with van der Waals surface area (Å²) in [5.41, 5.74) is 3.08. The highest BCUT2D eigenvalue weighted by atomic mass is 14.8. The Hall–Kier alpha value is -2.29. The third-order valence-electron chi connectivity index (χ3n) is 4.57. The number of hydrogen-bond donors (Lipinski definition) is 0. The molecule has 3 atom stereocenters. The van der Waals surface area contributed by atoms with Crippen molar-refractivity contribution in [2.75, 3.05) is 14.1 Å². The number of rotatable bonds is 7. The van der Waals surface area contributed by atoms with E-state index in [0.717, 1.165) is 24.7 Å². The third kappa shape index (κ3) is 13.8. The minimum Gasteiger partial charge on any atom is -0.301 e. The van der Waals surface area contributed by atoms with E-state index in [4.69, 9.17) is 0 Å². The van der Waals surface area contributed by atoms with Gasteiger partial charge in [0.25, 0.3) is 0 Å². The number of nitrogens with zero attached hydrogens (tertiary/aromatic N) is 3. The monoisotopic (exact) mass is 409 g/mol. The molecule has 30 heavy (non-hydrogen) atoms. The second-order valence-electron chi connectivity index (χ2n) is 8.83. The van der Waals surface area contributed by atoms with Crippen molar-refractivity contribution in [3.05, 3.63) is 60.9 Å². The Labute approximate surface area is 185 Å². The van der Waals surface area contributed by atoms with E-state index < -0.39 is 0 Å². The minimum absolute atomic E-state index is 0.259. The van der Waals surface area contributed by atoms with E-state index in [1.807, 2.05) is 31.6 Å². The van der Waals surface area contributed by atoms with Crippen LogP contribution in [-0.2, 0) is 0 Å². The molecule has 0 heterocycles. The highest BCUT2D eigenvalue weighted by Crippen LogP contribution is 2.51. The van der Waals surface area contributed by atoms with Gasteiger partial charge in [0.15, 0.2) is 0 Å². The van der Waals surface area contributed by atoms with Crippen molar-refractivity contribution in [3.8, 4) is 0 Å². The summed E-state index contributed by atoms with van der Waals surface area (Å²) in [6, 6.07) is 0. The highest BCUT2D eigenvalue weighted by Gasteiger charge is 2.42. The zero-order valence-electron chi connectivity index (χ0n) is 20.3. The van der Waals surface area contributed by atoms with Crippen LogP contribution in [0.4, 0.5) is 0 Å². The molecule has 0 N–H and O–H groups in total. The molecule has 0 saturated heterocycles. The Bertz CT molecular complexity index is 671. The van der Waals surface area contributed by atoms with Crippen LogP contribution in [0.15, 0.2) is 75.9 Å². The fourth-order valence-electron chi connectivity index (χ4n) is 3.01. The number of allylic oxidation sites excluding steroid dienone is 8. The van der Waals surface area contributed by atoms with E-state index in [9.17, 15) is 0 Å². The van der Waals surface area contributed by atoms with E-state index in [1.165, 1.54) is 17.7 Å². The molecule has 166 valence electrons. The molecule has 0 bridgehead atoms. The van der Waals surface area contributed by atoms with Crippen molar-refractivity contribution in [2.24, 2.45) is 38.1 Å². The van der Waals surface area contributed by atoms with Gasteiger partial charge in [0.1, 0.15) is 0 Å². The minimum atomic E-state index is 0.259. The standard InChI is InChI=1S/C15H22N2.C6H13N.C6H8/c1-11(10-16-3)5-4-8-17-15-7-6-12(2)13-9-14(13)15;1-6(2,3)5-7-4;1-3-5-6-4-2/h6-8,10-11,13-14H,4-5,9H2,1-3H3;5H,1-4H3;3-6H,1-2H2/b;;6-5-. The van der Waals surface area contributed by atoms with Gasteiger partial charge >= 0.3 is 0 Å². The fourth-order valence-corrected chi connectivity index (χ4v) is 3.01. The van der Waals surface area contributed by atoms with E-state index >= 15 is 0 Å². The quantitative estimate of drug-likeness (QED) is 0.312. The molecule has 0 aromatic carbocycles. The smallest absolute Gasteiger partial charge is 0.0436 e. The molecule has 0 amide bonds. The lowest BCUT2D eigenvalue weighted by atomic mass is 9.99. The van der Waals surface area contributed by atoms with Crippen LogP contribution in [0.2, 0.25) is 0 Å². The first-order chi connectivity index (χ1) is 14.2. The average molecular weight is 410 g/mol. The van der Waals surface area contributed by atoms with Crippen molar-refractivity contribution < 1.29 is 0 Å². The van der Waals surface area contributed by atoms with Crippen molar-refractivity contribution in [3.63, 3.8) is 0 Å². The van der Waals surface area contributed by atoms with Crippen LogP contribution in [0, 0.1) is 23.2 Å². The molecular weight excluding hydrogens is 366 g/mol. The summed E-state index contributed by atoms with van der Waals surface area (Å²) < 4.78 is 0. The largest absolute Gasteiger partial charge is 0.301 e. The zero-order chi connectivity index (χ0) is 23.0. The summed E-state index contributed by atoms with van der Waals surface area (Å²) in [4.78, 5) is 12.5.